The number of methoxy groups -OCH3 is 1. The monoisotopic (exact) mass is 390 g/mol. The van der Waals surface area contributed by atoms with Crippen molar-refractivity contribution in [1.82, 2.24) is 4.72 Å². The zero-order valence-electron chi connectivity index (χ0n) is 11.3. The van der Waals surface area contributed by atoms with Gasteiger partial charge in [0.25, 0.3) is 0 Å². The number of nitrogens with two attached hydrogens (primary N) is 1. The molecule has 0 saturated heterocycles. The van der Waals surface area contributed by atoms with Crippen molar-refractivity contribution in [3.8, 4) is 5.75 Å². The number of benzene rings is 1. The van der Waals surface area contributed by atoms with E-state index < -0.39 is 10.0 Å². The number of anilines is 1. The maximum atomic E-state index is 12.2. The Hall–Kier alpha value is -1.09. The van der Waals surface area contributed by atoms with Gasteiger partial charge < -0.3 is 10.5 Å². The van der Waals surface area contributed by atoms with Crippen LogP contribution in [0.1, 0.15) is 4.88 Å². The van der Waals surface area contributed by atoms with Crippen LogP contribution in [0.25, 0.3) is 0 Å². The van der Waals surface area contributed by atoms with Crippen LogP contribution in [0.4, 0.5) is 5.69 Å². The van der Waals surface area contributed by atoms with Crippen LogP contribution < -0.4 is 15.2 Å². The summed E-state index contributed by atoms with van der Waals surface area (Å²) in [7, 11) is -2.12. The van der Waals surface area contributed by atoms with E-state index in [9.17, 15) is 8.42 Å². The molecule has 0 bridgehead atoms. The Labute approximate surface area is 136 Å². The standard InChI is InChI=1S/C13H15BrN2O3S2/c1-19-12-8-10(3-4-11(12)15)21(17,18)16-7-6-9-2-5-13(14)20-9/h2-5,8,16H,6-7,15H2,1H3. The number of nitrogen functional groups attached to an aromatic ring is 1. The van der Waals surface area contributed by atoms with Gasteiger partial charge in [-0.05, 0) is 46.6 Å². The van der Waals surface area contributed by atoms with Gasteiger partial charge in [-0.3, -0.25) is 0 Å². The van der Waals surface area contributed by atoms with Crippen molar-refractivity contribution in [1.29, 1.82) is 0 Å². The summed E-state index contributed by atoms with van der Waals surface area (Å²) in [5.74, 6) is 0.347. The lowest BCUT2D eigenvalue weighted by Gasteiger charge is -2.09. The van der Waals surface area contributed by atoms with Crippen molar-refractivity contribution in [2.75, 3.05) is 19.4 Å². The van der Waals surface area contributed by atoms with Crippen LogP contribution in [0.15, 0.2) is 39.0 Å². The third-order valence-electron chi connectivity index (χ3n) is 2.81. The minimum absolute atomic E-state index is 0.140. The quantitative estimate of drug-likeness (QED) is 0.742. The van der Waals surface area contributed by atoms with Gasteiger partial charge in [0.15, 0.2) is 0 Å². The molecular weight excluding hydrogens is 376 g/mol. The molecule has 0 aliphatic rings. The molecule has 0 unspecified atom stereocenters. The van der Waals surface area contributed by atoms with Crippen molar-refractivity contribution in [2.24, 2.45) is 0 Å². The smallest absolute Gasteiger partial charge is 0.240 e. The average Bonchev–Trinajstić information content (AvgIpc) is 2.84. The van der Waals surface area contributed by atoms with Crippen LogP contribution in [-0.4, -0.2) is 22.1 Å². The Morgan fingerprint density at radius 2 is 2.10 bits per heavy atom. The molecule has 21 heavy (non-hydrogen) atoms. The van der Waals surface area contributed by atoms with E-state index in [0.717, 1.165) is 8.66 Å². The van der Waals surface area contributed by atoms with Crippen LogP contribution in [0.5, 0.6) is 5.75 Å². The Bertz CT molecular complexity index is 729. The normalized spacial score (nSPS) is 11.5. The summed E-state index contributed by atoms with van der Waals surface area (Å²) in [6.07, 6.45) is 0.640. The first-order valence-electron chi connectivity index (χ1n) is 6.10. The van der Waals surface area contributed by atoms with Gasteiger partial charge in [0.2, 0.25) is 10.0 Å². The minimum Gasteiger partial charge on any atom is -0.495 e. The molecule has 0 radical (unpaired) electrons. The molecule has 0 aliphatic heterocycles. The first-order valence-corrected chi connectivity index (χ1v) is 9.19. The summed E-state index contributed by atoms with van der Waals surface area (Å²) >= 11 is 4.96. The van der Waals surface area contributed by atoms with Gasteiger partial charge in [0.05, 0.1) is 21.5 Å². The molecule has 1 heterocycles. The summed E-state index contributed by atoms with van der Waals surface area (Å²) in [5.41, 5.74) is 6.08. The molecule has 0 aliphatic carbocycles. The maximum absolute atomic E-state index is 12.2. The van der Waals surface area contributed by atoms with Crippen molar-refractivity contribution < 1.29 is 13.2 Å². The van der Waals surface area contributed by atoms with E-state index in [2.05, 4.69) is 20.7 Å². The highest BCUT2D eigenvalue weighted by Gasteiger charge is 2.15. The molecule has 2 aromatic rings. The summed E-state index contributed by atoms with van der Waals surface area (Å²) in [5, 5.41) is 0. The summed E-state index contributed by atoms with van der Waals surface area (Å²) in [6, 6.07) is 8.31. The minimum atomic E-state index is -3.57. The van der Waals surface area contributed by atoms with Gasteiger partial charge in [-0.25, -0.2) is 13.1 Å². The molecule has 8 heteroatoms. The van der Waals surface area contributed by atoms with E-state index in [0.29, 0.717) is 24.4 Å². The fraction of sp³-hybridized carbons (Fsp3) is 0.231. The topological polar surface area (TPSA) is 81.4 Å². The van der Waals surface area contributed by atoms with Crippen LogP contribution in [-0.2, 0) is 16.4 Å². The third kappa shape index (κ3) is 4.19. The molecule has 0 fully saturated rings. The van der Waals surface area contributed by atoms with Gasteiger partial charge in [-0.2, -0.15) is 0 Å². The molecule has 0 amide bonds. The SMILES string of the molecule is COc1cc(S(=O)(=O)NCCc2ccc(Br)s2)ccc1N. The van der Waals surface area contributed by atoms with Gasteiger partial charge >= 0.3 is 0 Å². The zero-order chi connectivity index (χ0) is 15.5. The zero-order valence-corrected chi connectivity index (χ0v) is 14.5. The van der Waals surface area contributed by atoms with Gasteiger partial charge in [-0.1, -0.05) is 0 Å². The molecule has 0 spiro atoms. The molecule has 1 aromatic heterocycles. The van der Waals surface area contributed by atoms with Crippen molar-refractivity contribution >= 4 is 43.0 Å². The van der Waals surface area contributed by atoms with Gasteiger partial charge in [0, 0.05) is 17.5 Å². The van der Waals surface area contributed by atoms with E-state index in [1.54, 1.807) is 11.3 Å². The summed E-state index contributed by atoms with van der Waals surface area (Å²) < 4.78 is 33.0. The molecule has 0 saturated carbocycles. The predicted octanol–water partition coefficient (Wildman–Crippen LogP) is 2.62. The number of halogens is 1. The first kappa shape index (κ1) is 16.3. The van der Waals surface area contributed by atoms with Crippen molar-refractivity contribution in [2.45, 2.75) is 11.3 Å². The Balaban J connectivity index is 2.04. The van der Waals surface area contributed by atoms with Crippen LogP contribution in [0, 0.1) is 0 Å². The van der Waals surface area contributed by atoms with Crippen LogP contribution >= 0.6 is 27.3 Å². The maximum Gasteiger partial charge on any atom is 0.240 e. The molecule has 1 aromatic carbocycles. The largest absolute Gasteiger partial charge is 0.495 e. The molecular formula is C13H15BrN2O3S2. The summed E-state index contributed by atoms with van der Waals surface area (Å²) in [6.45, 7) is 0.335. The Kier molecular flexibility index (Phi) is 5.26. The van der Waals surface area contributed by atoms with E-state index >= 15 is 0 Å². The Morgan fingerprint density at radius 3 is 2.71 bits per heavy atom. The Morgan fingerprint density at radius 1 is 1.33 bits per heavy atom. The fourth-order valence-electron chi connectivity index (χ4n) is 1.74. The first-order chi connectivity index (χ1) is 9.92. The van der Waals surface area contributed by atoms with Gasteiger partial charge in [0.1, 0.15) is 5.75 Å². The van der Waals surface area contributed by atoms with Crippen LogP contribution in [0.3, 0.4) is 0 Å². The molecule has 0 atom stereocenters. The second kappa shape index (κ2) is 6.78. The van der Waals surface area contributed by atoms with Crippen molar-refractivity contribution in [3.63, 3.8) is 0 Å². The lowest BCUT2D eigenvalue weighted by atomic mass is 10.3. The van der Waals surface area contributed by atoms with E-state index in [1.807, 2.05) is 12.1 Å². The van der Waals surface area contributed by atoms with E-state index in [4.69, 9.17) is 10.5 Å². The molecule has 3 N–H and O–H groups in total. The molecule has 114 valence electrons. The van der Waals surface area contributed by atoms with E-state index in [-0.39, 0.29) is 4.90 Å². The highest BCUT2D eigenvalue weighted by atomic mass is 79.9. The highest BCUT2D eigenvalue weighted by molar-refractivity contribution is 9.11. The number of rotatable bonds is 6. The number of thiophene rings is 1. The predicted molar refractivity (Wildman–Crippen MR) is 88.3 cm³/mol. The fourth-order valence-corrected chi connectivity index (χ4v) is 4.27. The molecule has 2 rings (SSSR count). The lowest BCUT2D eigenvalue weighted by molar-refractivity contribution is 0.415. The number of ether oxygens (including phenoxy) is 1. The van der Waals surface area contributed by atoms with Gasteiger partial charge in [-0.15, -0.1) is 11.3 Å². The average molecular weight is 391 g/mol. The lowest BCUT2D eigenvalue weighted by Crippen LogP contribution is -2.25. The van der Waals surface area contributed by atoms with Crippen LogP contribution in [0.2, 0.25) is 0 Å². The van der Waals surface area contributed by atoms with Crippen molar-refractivity contribution in [3.05, 3.63) is 39.0 Å². The second-order valence-corrected chi connectivity index (χ2v) is 8.57. The second-order valence-electron chi connectivity index (χ2n) is 4.26. The third-order valence-corrected chi connectivity index (χ3v) is 5.95. The number of hydrogen-bond acceptors (Lipinski definition) is 5. The number of sulfonamides is 1. The molecule has 5 nitrogen and oxygen atoms in total. The van der Waals surface area contributed by atoms with E-state index in [1.165, 1.54) is 25.3 Å². The highest BCUT2D eigenvalue weighted by Crippen LogP contribution is 2.25. The summed E-state index contributed by atoms with van der Waals surface area (Å²) in [4.78, 5) is 1.25. The number of hydrogen-bond donors (Lipinski definition) is 2. The number of nitrogens with one attached hydrogen (secondary N) is 1.